The number of rotatable bonds is 6. The molecule has 1 amide bonds. The lowest BCUT2D eigenvalue weighted by Gasteiger charge is -2.20. The molecule has 0 aliphatic heterocycles. The molecule has 1 atom stereocenters. The number of hydrogen-bond donors (Lipinski definition) is 2. The van der Waals surface area contributed by atoms with Crippen molar-refractivity contribution < 1.29 is 14.6 Å². The van der Waals surface area contributed by atoms with Crippen molar-refractivity contribution in [1.82, 2.24) is 5.32 Å². The molecule has 3 aromatic carbocycles. The van der Waals surface area contributed by atoms with E-state index in [4.69, 9.17) is 10.00 Å². The number of nitriles is 1. The Labute approximate surface area is 175 Å². The second-order valence-electron chi connectivity index (χ2n) is 7.27. The Morgan fingerprint density at radius 1 is 1.00 bits per heavy atom. The lowest BCUT2D eigenvalue weighted by molar-refractivity contribution is 0.136. The molecule has 0 radical (unpaired) electrons. The molecule has 3 aromatic rings. The van der Waals surface area contributed by atoms with Gasteiger partial charge in [-0.05, 0) is 46.4 Å². The van der Waals surface area contributed by atoms with Gasteiger partial charge in [0.15, 0.2) is 0 Å². The molecule has 2 N–H and O–H groups in total. The van der Waals surface area contributed by atoms with Gasteiger partial charge in [-0.25, -0.2) is 4.79 Å². The van der Waals surface area contributed by atoms with E-state index < -0.39 is 12.1 Å². The second kappa shape index (κ2) is 8.81. The maximum atomic E-state index is 12.5. The molecule has 0 fully saturated rings. The fourth-order valence-electron chi connectivity index (χ4n) is 4.02. The summed E-state index contributed by atoms with van der Waals surface area (Å²) in [5.74, 6) is -0.00523. The number of aliphatic hydroxyl groups excluding tert-OH is 1. The Morgan fingerprint density at radius 2 is 1.60 bits per heavy atom. The molecule has 0 heterocycles. The highest BCUT2D eigenvalue weighted by Crippen LogP contribution is 2.44. The third kappa shape index (κ3) is 3.91. The van der Waals surface area contributed by atoms with Gasteiger partial charge in [-0.2, -0.15) is 5.26 Å². The molecular weight excluding hydrogens is 376 g/mol. The highest BCUT2D eigenvalue weighted by Gasteiger charge is 2.29. The van der Waals surface area contributed by atoms with Crippen LogP contribution in [0.15, 0.2) is 72.8 Å². The van der Waals surface area contributed by atoms with Crippen LogP contribution in [0.25, 0.3) is 11.1 Å². The first-order valence-electron chi connectivity index (χ1n) is 9.93. The third-order valence-electron chi connectivity index (χ3n) is 5.50. The highest BCUT2D eigenvalue weighted by molar-refractivity contribution is 5.79. The van der Waals surface area contributed by atoms with Crippen LogP contribution in [0.4, 0.5) is 4.79 Å². The van der Waals surface area contributed by atoms with Crippen LogP contribution in [0.2, 0.25) is 0 Å². The number of nitrogens with one attached hydrogen (secondary N) is 1. The summed E-state index contributed by atoms with van der Waals surface area (Å²) in [7, 11) is 0. The van der Waals surface area contributed by atoms with E-state index in [2.05, 4.69) is 35.7 Å². The summed E-state index contributed by atoms with van der Waals surface area (Å²) in [6.07, 6.45) is -0.171. The molecule has 0 saturated heterocycles. The normalized spacial score (nSPS) is 13.1. The van der Waals surface area contributed by atoms with Crippen LogP contribution in [0.1, 0.15) is 40.6 Å². The van der Waals surface area contributed by atoms with Crippen LogP contribution in [0, 0.1) is 11.3 Å². The molecule has 5 heteroatoms. The van der Waals surface area contributed by atoms with E-state index in [-0.39, 0.29) is 19.1 Å². The van der Waals surface area contributed by atoms with Crippen molar-refractivity contribution in [3.63, 3.8) is 0 Å². The lowest BCUT2D eigenvalue weighted by atomic mass is 9.98. The van der Waals surface area contributed by atoms with E-state index in [0.717, 1.165) is 16.7 Å². The van der Waals surface area contributed by atoms with Gasteiger partial charge in [0.25, 0.3) is 0 Å². The minimum atomic E-state index is -0.528. The van der Waals surface area contributed by atoms with Gasteiger partial charge in [-0.1, -0.05) is 60.7 Å². The van der Waals surface area contributed by atoms with E-state index in [1.807, 2.05) is 24.3 Å². The van der Waals surface area contributed by atoms with Crippen LogP contribution < -0.4 is 5.32 Å². The van der Waals surface area contributed by atoms with Gasteiger partial charge >= 0.3 is 6.09 Å². The maximum absolute atomic E-state index is 12.5. The molecule has 0 bridgehead atoms. The Balaban J connectivity index is 1.45. The van der Waals surface area contributed by atoms with Crippen molar-refractivity contribution in [1.29, 1.82) is 5.26 Å². The zero-order chi connectivity index (χ0) is 20.9. The molecule has 0 spiro atoms. The SMILES string of the molecule is N#Cc1ccc([C@H](CCO)NC(=O)OCC2c3ccccc3-c3ccccc32)cc1. The Kier molecular flexibility index (Phi) is 5.78. The van der Waals surface area contributed by atoms with Crippen molar-refractivity contribution in [3.8, 4) is 17.2 Å². The first-order valence-corrected chi connectivity index (χ1v) is 9.93. The molecule has 150 valence electrons. The molecule has 30 heavy (non-hydrogen) atoms. The smallest absolute Gasteiger partial charge is 0.407 e. The second-order valence-corrected chi connectivity index (χ2v) is 7.27. The zero-order valence-corrected chi connectivity index (χ0v) is 16.4. The quantitative estimate of drug-likeness (QED) is 0.640. The Morgan fingerprint density at radius 3 is 2.17 bits per heavy atom. The first-order chi connectivity index (χ1) is 14.7. The van der Waals surface area contributed by atoms with Gasteiger partial charge in [-0.15, -0.1) is 0 Å². The lowest BCUT2D eigenvalue weighted by Crippen LogP contribution is -2.31. The Hall–Kier alpha value is -3.62. The number of carbonyl (C=O) groups is 1. The summed E-state index contributed by atoms with van der Waals surface area (Å²) in [5.41, 5.74) is 6.03. The molecular formula is C25H22N2O3. The van der Waals surface area contributed by atoms with Crippen LogP contribution in [-0.4, -0.2) is 24.4 Å². The first kappa shape index (κ1) is 19.7. The molecule has 0 saturated carbocycles. The maximum Gasteiger partial charge on any atom is 0.407 e. The molecule has 1 aliphatic carbocycles. The molecule has 0 aromatic heterocycles. The summed E-state index contributed by atoms with van der Waals surface area (Å²) in [6.45, 7) is 0.160. The summed E-state index contributed by atoms with van der Waals surface area (Å²) >= 11 is 0. The van der Waals surface area contributed by atoms with E-state index in [0.29, 0.717) is 12.0 Å². The number of alkyl carbamates (subject to hydrolysis) is 1. The molecule has 5 nitrogen and oxygen atoms in total. The number of ether oxygens (including phenoxy) is 1. The zero-order valence-electron chi connectivity index (χ0n) is 16.4. The van der Waals surface area contributed by atoms with Crippen LogP contribution in [0.3, 0.4) is 0 Å². The van der Waals surface area contributed by atoms with Gasteiger partial charge in [0.05, 0.1) is 17.7 Å². The predicted octanol–water partition coefficient (Wildman–Crippen LogP) is 4.52. The van der Waals surface area contributed by atoms with Gasteiger partial charge in [0.1, 0.15) is 6.61 Å². The van der Waals surface area contributed by atoms with Gasteiger partial charge < -0.3 is 15.2 Å². The number of benzene rings is 3. The predicted molar refractivity (Wildman–Crippen MR) is 114 cm³/mol. The van der Waals surface area contributed by atoms with Gasteiger partial charge in [0, 0.05) is 12.5 Å². The molecule has 4 rings (SSSR count). The summed E-state index contributed by atoms with van der Waals surface area (Å²) in [5, 5.41) is 21.2. The number of fused-ring (bicyclic) bond motifs is 3. The molecule has 1 aliphatic rings. The van der Waals surface area contributed by atoms with E-state index in [1.54, 1.807) is 24.3 Å². The van der Waals surface area contributed by atoms with Crippen LogP contribution in [-0.2, 0) is 4.74 Å². The number of nitrogens with zero attached hydrogens (tertiary/aromatic N) is 1. The fourth-order valence-corrected chi connectivity index (χ4v) is 4.02. The molecule has 0 unspecified atom stereocenters. The standard InChI is InChI=1S/C25H22N2O3/c26-15-17-9-11-18(12-10-17)24(13-14-28)27-25(29)30-16-23-21-7-3-1-5-19(21)20-6-2-4-8-22(20)23/h1-12,23-24,28H,13-14,16H2,(H,27,29)/t24-/m0/s1. The minimum absolute atomic E-state index is 0.00523. The van der Waals surface area contributed by atoms with Crippen molar-refractivity contribution in [2.24, 2.45) is 0 Å². The monoisotopic (exact) mass is 398 g/mol. The summed E-state index contributed by atoms with van der Waals surface area (Å²) in [6, 6.07) is 25.0. The summed E-state index contributed by atoms with van der Waals surface area (Å²) < 4.78 is 5.60. The van der Waals surface area contributed by atoms with Gasteiger partial charge in [-0.3, -0.25) is 0 Å². The van der Waals surface area contributed by atoms with Crippen molar-refractivity contribution in [2.45, 2.75) is 18.4 Å². The third-order valence-corrected chi connectivity index (χ3v) is 5.50. The van der Waals surface area contributed by atoms with E-state index >= 15 is 0 Å². The Bertz CT molecular complexity index is 1040. The van der Waals surface area contributed by atoms with E-state index in [9.17, 15) is 9.90 Å². The largest absolute Gasteiger partial charge is 0.449 e. The highest BCUT2D eigenvalue weighted by atomic mass is 16.5. The number of amides is 1. The van der Waals surface area contributed by atoms with E-state index in [1.165, 1.54) is 11.1 Å². The summed E-state index contributed by atoms with van der Waals surface area (Å²) in [4.78, 5) is 12.5. The fraction of sp³-hybridized carbons (Fsp3) is 0.200. The minimum Gasteiger partial charge on any atom is -0.449 e. The van der Waals surface area contributed by atoms with Crippen molar-refractivity contribution in [3.05, 3.63) is 95.1 Å². The number of aliphatic hydroxyl groups is 1. The average molecular weight is 398 g/mol. The number of carbonyl (C=O) groups excluding carboxylic acids is 1. The topological polar surface area (TPSA) is 82.4 Å². The van der Waals surface area contributed by atoms with Crippen molar-refractivity contribution in [2.75, 3.05) is 13.2 Å². The average Bonchev–Trinajstić information content (AvgIpc) is 3.11. The van der Waals surface area contributed by atoms with Gasteiger partial charge in [0.2, 0.25) is 0 Å². The van der Waals surface area contributed by atoms with Crippen molar-refractivity contribution >= 4 is 6.09 Å². The van der Waals surface area contributed by atoms with Crippen LogP contribution in [0.5, 0.6) is 0 Å². The number of hydrogen-bond acceptors (Lipinski definition) is 4. The van der Waals surface area contributed by atoms with Crippen LogP contribution >= 0.6 is 0 Å².